The third-order valence-corrected chi connectivity index (χ3v) is 5.54. The molecule has 1 fully saturated rings. The molecule has 0 spiro atoms. The first-order valence-electron chi connectivity index (χ1n) is 10.3. The van der Waals surface area contributed by atoms with Crippen LogP contribution in [-0.2, 0) is 17.4 Å². The fourth-order valence-electron chi connectivity index (χ4n) is 3.85. The highest BCUT2D eigenvalue weighted by Gasteiger charge is 2.40. The van der Waals surface area contributed by atoms with Gasteiger partial charge in [0.1, 0.15) is 0 Å². The first kappa shape index (κ1) is 21.1. The number of nitrogens with zero attached hydrogens (tertiary/aromatic N) is 3. The summed E-state index contributed by atoms with van der Waals surface area (Å²) in [6, 6.07) is 14.1. The smallest absolute Gasteiger partial charge is 0.354 e. The van der Waals surface area contributed by atoms with E-state index < -0.39 is 17.8 Å². The number of aromatic nitrogens is 2. The van der Waals surface area contributed by atoms with Gasteiger partial charge >= 0.3 is 6.18 Å². The molecule has 5 nitrogen and oxygen atoms in total. The number of anilines is 2. The number of fused-ring (bicyclic) bond motifs is 1. The normalized spacial score (nSPS) is 17.0. The molecule has 0 radical (unpaired) electrons. The second-order valence-electron chi connectivity index (χ2n) is 7.71. The predicted octanol–water partition coefficient (Wildman–Crippen LogP) is 5.07. The van der Waals surface area contributed by atoms with Gasteiger partial charge in [0, 0.05) is 18.8 Å². The third kappa shape index (κ3) is 4.62. The van der Waals surface area contributed by atoms with Gasteiger partial charge in [-0.1, -0.05) is 31.2 Å². The van der Waals surface area contributed by atoms with E-state index in [2.05, 4.69) is 22.2 Å². The van der Waals surface area contributed by atoms with Crippen molar-refractivity contribution in [3.63, 3.8) is 0 Å². The number of hydrogen-bond acceptors (Lipinski definition) is 4. The maximum atomic E-state index is 13.7. The number of piperidine rings is 1. The van der Waals surface area contributed by atoms with Gasteiger partial charge in [0.2, 0.25) is 5.91 Å². The van der Waals surface area contributed by atoms with Crippen LogP contribution in [0.4, 0.5) is 24.7 Å². The highest BCUT2D eigenvalue weighted by Crippen LogP contribution is 2.36. The molecule has 1 N–H and O–H groups in total. The van der Waals surface area contributed by atoms with Gasteiger partial charge in [-0.15, -0.1) is 0 Å². The number of alkyl halides is 3. The van der Waals surface area contributed by atoms with Crippen LogP contribution in [0.1, 0.15) is 31.0 Å². The van der Waals surface area contributed by atoms with E-state index in [4.69, 9.17) is 0 Å². The summed E-state index contributed by atoms with van der Waals surface area (Å²) in [6.07, 6.45) is -2.53. The number of nitrogens with one attached hydrogen (secondary N) is 1. The number of para-hydroxylation sites is 2. The lowest BCUT2D eigenvalue weighted by atomic mass is 9.96. The molecular formula is C23H23F3N4O. The van der Waals surface area contributed by atoms with Gasteiger partial charge in [0.05, 0.1) is 17.0 Å². The van der Waals surface area contributed by atoms with E-state index >= 15 is 0 Å². The molecule has 0 unspecified atom stereocenters. The third-order valence-electron chi connectivity index (χ3n) is 5.54. The van der Waals surface area contributed by atoms with Crippen molar-refractivity contribution < 1.29 is 18.0 Å². The van der Waals surface area contributed by atoms with Crippen LogP contribution in [-0.4, -0.2) is 29.0 Å². The lowest BCUT2D eigenvalue weighted by Gasteiger charge is -2.34. The summed E-state index contributed by atoms with van der Waals surface area (Å²) >= 11 is 0. The Bertz CT molecular complexity index is 1080. The highest BCUT2D eigenvalue weighted by molar-refractivity contribution is 5.93. The predicted molar refractivity (Wildman–Crippen MR) is 114 cm³/mol. The molecule has 31 heavy (non-hydrogen) atoms. The van der Waals surface area contributed by atoms with Gasteiger partial charge in [-0.05, 0) is 49.1 Å². The van der Waals surface area contributed by atoms with E-state index in [0.717, 1.165) is 12.0 Å². The highest BCUT2D eigenvalue weighted by atomic mass is 19.4. The van der Waals surface area contributed by atoms with Crippen LogP contribution >= 0.6 is 0 Å². The van der Waals surface area contributed by atoms with Crippen LogP contribution in [0.5, 0.6) is 0 Å². The molecule has 1 aromatic heterocycles. The minimum atomic E-state index is -4.64. The van der Waals surface area contributed by atoms with E-state index in [1.54, 1.807) is 18.2 Å². The second-order valence-corrected chi connectivity index (χ2v) is 7.71. The van der Waals surface area contributed by atoms with Gasteiger partial charge < -0.3 is 10.2 Å². The molecule has 1 atom stereocenters. The van der Waals surface area contributed by atoms with Crippen molar-refractivity contribution in [2.24, 2.45) is 5.92 Å². The average Bonchev–Trinajstić information content (AvgIpc) is 2.78. The lowest BCUT2D eigenvalue weighted by Crippen LogP contribution is -2.42. The molecule has 1 saturated heterocycles. The molecule has 3 aromatic rings. The Morgan fingerprint density at radius 1 is 1.10 bits per heavy atom. The zero-order valence-corrected chi connectivity index (χ0v) is 17.1. The molecule has 0 saturated carbocycles. The van der Waals surface area contributed by atoms with Gasteiger partial charge in [-0.25, -0.2) is 9.97 Å². The Kier molecular flexibility index (Phi) is 5.80. The summed E-state index contributed by atoms with van der Waals surface area (Å²) < 4.78 is 41.2. The van der Waals surface area contributed by atoms with Crippen molar-refractivity contribution in [2.45, 2.75) is 32.4 Å². The fourth-order valence-corrected chi connectivity index (χ4v) is 3.85. The summed E-state index contributed by atoms with van der Waals surface area (Å²) in [5, 5.41) is 2.89. The number of hydrogen-bond donors (Lipinski definition) is 1. The van der Waals surface area contributed by atoms with Gasteiger partial charge in [-0.2, -0.15) is 13.2 Å². The Morgan fingerprint density at radius 2 is 1.77 bits per heavy atom. The Balaban J connectivity index is 1.57. The first-order valence-corrected chi connectivity index (χ1v) is 10.3. The number of amides is 1. The van der Waals surface area contributed by atoms with Crippen LogP contribution in [0.15, 0.2) is 48.5 Å². The molecule has 0 aliphatic carbocycles. The van der Waals surface area contributed by atoms with Crippen LogP contribution in [0, 0.1) is 5.92 Å². The molecule has 0 bridgehead atoms. The topological polar surface area (TPSA) is 58.1 Å². The number of carbonyl (C=O) groups is 1. The zero-order valence-electron chi connectivity index (χ0n) is 17.1. The summed E-state index contributed by atoms with van der Waals surface area (Å²) in [7, 11) is 0. The van der Waals surface area contributed by atoms with E-state index in [1.807, 2.05) is 24.3 Å². The lowest BCUT2D eigenvalue weighted by molar-refractivity contribution is -0.140. The van der Waals surface area contributed by atoms with Gasteiger partial charge in [-0.3, -0.25) is 4.79 Å². The van der Waals surface area contributed by atoms with Crippen LogP contribution < -0.4 is 10.2 Å². The Hall–Kier alpha value is -3.16. The molecule has 1 aliphatic rings. The summed E-state index contributed by atoms with van der Waals surface area (Å²) in [6.45, 7) is 2.61. The minimum Gasteiger partial charge on any atom is -0.354 e. The van der Waals surface area contributed by atoms with Crippen molar-refractivity contribution >= 4 is 28.4 Å². The second kappa shape index (κ2) is 8.53. The average molecular weight is 428 g/mol. The van der Waals surface area contributed by atoms with Crippen molar-refractivity contribution in [1.29, 1.82) is 0 Å². The maximum absolute atomic E-state index is 13.7. The van der Waals surface area contributed by atoms with Crippen molar-refractivity contribution in [1.82, 2.24) is 9.97 Å². The molecule has 8 heteroatoms. The number of carbonyl (C=O) groups excluding carboxylic acids is 1. The number of halogens is 3. The van der Waals surface area contributed by atoms with Gasteiger partial charge in [0.15, 0.2) is 11.5 Å². The van der Waals surface area contributed by atoms with Crippen LogP contribution in [0.3, 0.4) is 0 Å². The Morgan fingerprint density at radius 3 is 2.42 bits per heavy atom. The van der Waals surface area contributed by atoms with Gasteiger partial charge in [0.25, 0.3) is 0 Å². The van der Waals surface area contributed by atoms with E-state index in [-0.39, 0.29) is 23.8 Å². The van der Waals surface area contributed by atoms with Crippen molar-refractivity contribution in [3.05, 3.63) is 59.8 Å². The van der Waals surface area contributed by atoms with Crippen molar-refractivity contribution in [3.8, 4) is 0 Å². The molecule has 1 amide bonds. The standard InChI is InChI=1S/C23H23F3N4O/c1-2-15-9-11-17(12-10-15)27-22(31)16-6-5-13-30(14-16)21-20(23(24,25)26)28-18-7-3-4-8-19(18)29-21/h3-4,7-12,16H,2,5-6,13-14H2,1H3,(H,27,31)/t16-/m1/s1. The number of aryl methyl sites for hydroxylation is 1. The van der Waals surface area contributed by atoms with Crippen molar-refractivity contribution in [2.75, 3.05) is 23.3 Å². The molecule has 1 aliphatic heterocycles. The molecule has 2 aromatic carbocycles. The van der Waals surface area contributed by atoms with E-state index in [1.165, 1.54) is 11.0 Å². The first-order chi connectivity index (χ1) is 14.8. The van der Waals surface area contributed by atoms with Crippen LogP contribution in [0.2, 0.25) is 0 Å². The number of rotatable bonds is 4. The van der Waals surface area contributed by atoms with Crippen LogP contribution in [0.25, 0.3) is 11.0 Å². The summed E-state index contributed by atoms with van der Waals surface area (Å²) in [5.41, 5.74) is 1.42. The largest absolute Gasteiger partial charge is 0.437 e. The SMILES string of the molecule is CCc1ccc(NC(=O)[C@@H]2CCCN(c3nc4ccccc4nc3C(F)(F)F)C2)cc1. The monoisotopic (exact) mass is 428 g/mol. The zero-order chi connectivity index (χ0) is 22.0. The maximum Gasteiger partial charge on any atom is 0.437 e. The minimum absolute atomic E-state index is 0.162. The van der Waals surface area contributed by atoms with E-state index in [0.29, 0.717) is 30.6 Å². The fraction of sp³-hybridized carbons (Fsp3) is 0.348. The van der Waals surface area contributed by atoms with E-state index in [9.17, 15) is 18.0 Å². The Labute approximate surface area is 178 Å². The quantitative estimate of drug-likeness (QED) is 0.631. The molecule has 4 rings (SSSR count). The molecule has 162 valence electrons. The number of benzene rings is 2. The summed E-state index contributed by atoms with van der Waals surface area (Å²) in [5.74, 6) is -0.846. The molecular weight excluding hydrogens is 405 g/mol. The summed E-state index contributed by atoms with van der Waals surface area (Å²) in [4.78, 5) is 22.5. The molecule has 2 heterocycles.